The number of carbonyl (C=O) groups is 2. The molecule has 1 atom stereocenters. The monoisotopic (exact) mass is 357 g/mol. The van der Waals surface area contributed by atoms with E-state index in [1.54, 1.807) is 36.4 Å². The van der Waals surface area contributed by atoms with E-state index in [1.165, 1.54) is 0 Å². The summed E-state index contributed by atoms with van der Waals surface area (Å²) in [5.74, 6) is 0.670. The van der Waals surface area contributed by atoms with E-state index in [-0.39, 0.29) is 31.8 Å². The first-order chi connectivity index (χ1) is 12.5. The van der Waals surface area contributed by atoms with Gasteiger partial charge in [-0.05, 0) is 42.3 Å². The lowest BCUT2D eigenvalue weighted by Crippen LogP contribution is -2.28. The topological polar surface area (TPSA) is 94.1 Å². The van der Waals surface area contributed by atoms with E-state index in [0.717, 1.165) is 11.1 Å². The lowest BCUT2D eigenvalue weighted by molar-refractivity contribution is -0.139. The first-order valence-corrected chi connectivity index (χ1v) is 8.14. The Balaban J connectivity index is 1.54. The van der Waals surface area contributed by atoms with Crippen molar-refractivity contribution in [3.05, 3.63) is 53.6 Å². The third-order valence-electron chi connectivity index (χ3n) is 3.92. The average Bonchev–Trinajstić information content (AvgIpc) is 3.08. The zero-order valence-corrected chi connectivity index (χ0v) is 14.2. The van der Waals surface area contributed by atoms with Gasteiger partial charge in [-0.25, -0.2) is 4.79 Å². The number of carboxylic acid groups (broad SMARTS) is 1. The molecule has 0 saturated heterocycles. The van der Waals surface area contributed by atoms with Crippen LogP contribution in [0.25, 0.3) is 0 Å². The number of amides is 1. The highest BCUT2D eigenvalue weighted by Gasteiger charge is 2.15. The highest BCUT2D eigenvalue weighted by atomic mass is 16.7. The van der Waals surface area contributed by atoms with Crippen molar-refractivity contribution in [2.45, 2.75) is 19.4 Å². The molecule has 7 heteroatoms. The molecule has 2 N–H and O–H groups in total. The smallest absolute Gasteiger partial charge is 0.341 e. The van der Waals surface area contributed by atoms with E-state index >= 15 is 0 Å². The molecule has 0 aliphatic carbocycles. The number of carboxylic acids is 1. The standard InChI is InChI=1S/C19H19NO6/c1-12(14-3-5-15(6-4-14)24-10-19(22)23)20-18(21)9-13-2-7-16-17(8-13)26-11-25-16/h2-8,12H,9-11H2,1H3,(H,20,21)(H,22,23). The number of fused-ring (bicyclic) bond motifs is 1. The molecule has 1 aliphatic rings. The molecule has 0 saturated carbocycles. The number of rotatable bonds is 7. The van der Waals surface area contributed by atoms with Gasteiger partial charge in [0.1, 0.15) is 5.75 Å². The van der Waals surface area contributed by atoms with E-state index < -0.39 is 5.97 Å². The second kappa shape index (κ2) is 7.77. The number of hydrogen-bond acceptors (Lipinski definition) is 5. The van der Waals surface area contributed by atoms with Crippen molar-refractivity contribution in [3.63, 3.8) is 0 Å². The Hall–Kier alpha value is -3.22. The molecular formula is C19H19NO6. The van der Waals surface area contributed by atoms with Gasteiger partial charge in [0.05, 0.1) is 12.5 Å². The molecular weight excluding hydrogens is 338 g/mol. The number of ether oxygens (including phenoxy) is 3. The number of aliphatic carboxylic acids is 1. The maximum atomic E-state index is 12.3. The zero-order chi connectivity index (χ0) is 18.5. The van der Waals surface area contributed by atoms with Crippen LogP contribution in [0, 0.1) is 0 Å². The van der Waals surface area contributed by atoms with Crippen LogP contribution < -0.4 is 19.5 Å². The SMILES string of the molecule is CC(NC(=O)Cc1ccc2c(c1)OCO2)c1ccc(OCC(=O)O)cc1. The fourth-order valence-corrected chi connectivity index (χ4v) is 2.61. The fourth-order valence-electron chi connectivity index (χ4n) is 2.61. The van der Waals surface area contributed by atoms with Gasteiger partial charge in [-0.2, -0.15) is 0 Å². The lowest BCUT2D eigenvalue weighted by atomic mass is 10.1. The van der Waals surface area contributed by atoms with Gasteiger partial charge in [-0.3, -0.25) is 4.79 Å². The molecule has 2 aromatic rings. The first kappa shape index (κ1) is 17.6. The van der Waals surface area contributed by atoms with Gasteiger partial charge in [-0.1, -0.05) is 18.2 Å². The molecule has 1 unspecified atom stereocenters. The summed E-state index contributed by atoms with van der Waals surface area (Å²) >= 11 is 0. The fraction of sp³-hybridized carbons (Fsp3) is 0.263. The Kier molecular flexibility index (Phi) is 5.26. The minimum Gasteiger partial charge on any atom is -0.482 e. The van der Waals surface area contributed by atoms with Crippen molar-refractivity contribution >= 4 is 11.9 Å². The van der Waals surface area contributed by atoms with Crippen LogP contribution >= 0.6 is 0 Å². The van der Waals surface area contributed by atoms with Gasteiger partial charge in [0, 0.05) is 0 Å². The largest absolute Gasteiger partial charge is 0.482 e. The molecule has 3 rings (SSSR count). The molecule has 0 radical (unpaired) electrons. The van der Waals surface area contributed by atoms with Gasteiger partial charge in [0.2, 0.25) is 12.7 Å². The minimum absolute atomic E-state index is 0.109. The van der Waals surface area contributed by atoms with Gasteiger partial charge in [0.25, 0.3) is 0 Å². The van der Waals surface area contributed by atoms with E-state index in [9.17, 15) is 9.59 Å². The van der Waals surface area contributed by atoms with Gasteiger partial charge in [-0.15, -0.1) is 0 Å². The molecule has 26 heavy (non-hydrogen) atoms. The van der Waals surface area contributed by atoms with Crippen LogP contribution in [0.2, 0.25) is 0 Å². The summed E-state index contributed by atoms with van der Waals surface area (Å²) in [4.78, 5) is 22.8. The van der Waals surface area contributed by atoms with E-state index in [1.807, 2.05) is 13.0 Å². The van der Waals surface area contributed by atoms with Crippen LogP contribution in [-0.4, -0.2) is 30.4 Å². The number of carbonyl (C=O) groups excluding carboxylic acids is 1. The Bertz CT molecular complexity index is 802. The van der Waals surface area contributed by atoms with E-state index in [2.05, 4.69) is 5.32 Å². The van der Waals surface area contributed by atoms with Crippen molar-refractivity contribution in [2.75, 3.05) is 13.4 Å². The van der Waals surface area contributed by atoms with Crippen molar-refractivity contribution < 1.29 is 28.9 Å². The van der Waals surface area contributed by atoms with E-state index in [4.69, 9.17) is 19.3 Å². The second-order valence-corrected chi connectivity index (χ2v) is 5.91. The second-order valence-electron chi connectivity index (χ2n) is 5.91. The Morgan fingerprint density at radius 3 is 2.62 bits per heavy atom. The normalized spacial score (nSPS) is 13.1. The maximum Gasteiger partial charge on any atom is 0.341 e. The van der Waals surface area contributed by atoms with Crippen LogP contribution in [0.5, 0.6) is 17.2 Å². The Labute approximate surface area is 150 Å². The summed E-state index contributed by atoms with van der Waals surface area (Å²) in [5.41, 5.74) is 1.74. The van der Waals surface area contributed by atoms with Crippen molar-refractivity contribution in [1.82, 2.24) is 5.32 Å². The molecule has 7 nitrogen and oxygen atoms in total. The molecule has 0 aromatic heterocycles. The summed E-state index contributed by atoms with van der Waals surface area (Å²) in [5, 5.41) is 11.5. The number of benzene rings is 2. The van der Waals surface area contributed by atoms with Gasteiger partial charge in [0.15, 0.2) is 18.1 Å². The van der Waals surface area contributed by atoms with Crippen molar-refractivity contribution in [2.24, 2.45) is 0 Å². The molecule has 2 aromatic carbocycles. The molecule has 1 amide bonds. The average molecular weight is 357 g/mol. The maximum absolute atomic E-state index is 12.3. The number of hydrogen-bond donors (Lipinski definition) is 2. The summed E-state index contributed by atoms with van der Waals surface area (Å²) in [6.07, 6.45) is 0.237. The summed E-state index contributed by atoms with van der Waals surface area (Å²) in [6, 6.07) is 12.2. The molecule has 1 aliphatic heterocycles. The van der Waals surface area contributed by atoms with Crippen LogP contribution in [0.3, 0.4) is 0 Å². The Morgan fingerprint density at radius 2 is 1.88 bits per heavy atom. The number of nitrogens with one attached hydrogen (secondary N) is 1. The predicted molar refractivity (Wildman–Crippen MR) is 92.4 cm³/mol. The van der Waals surface area contributed by atoms with Crippen LogP contribution in [0.1, 0.15) is 24.1 Å². The third-order valence-corrected chi connectivity index (χ3v) is 3.92. The summed E-state index contributed by atoms with van der Waals surface area (Å²) in [7, 11) is 0. The summed E-state index contributed by atoms with van der Waals surface area (Å²) < 4.78 is 15.7. The molecule has 136 valence electrons. The quantitative estimate of drug-likeness (QED) is 0.790. The van der Waals surface area contributed by atoms with Crippen molar-refractivity contribution in [1.29, 1.82) is 0 Å². The molecule has 0 spiro atoms. The lowest BCUT2D eigenvalue weighted by Gasteiger charge is -2.15. The highest BCUT2D eigenvalue weighted by Crippen LogP contribution is 2.32. The zero-order valence-electron chi connectivity index (χ0n) is 14.2. The Morgan fingerprint density at radius 1 is 1.15 bits per heavy atom. The van der Waals surface area contributed by atoms with E-state index in [0.29, 0.717) is 17.2 Å². The molecule has 1 heterocycles. The van der Waals surface area contributed by atoms with Crippen LogP contribution in [0.4, 0.5) is 0 Å². The molecule has 0 bridgehead atoms. The van der Waals surface area contributed by atoms with Crippen molar-refractivity contribution in [3.8, 4) is 17.2 Å². The summed E-state index contributed by atoms with van der Waals surface area (Å²) in [6.45, 7) is 1.69. The van der Waals surface area contributed by atoms with Gasteiger partial charge >= 0.3 is 5.97 Å². The predicted octanol–water partition coefficient (Wildman–Crippen LogP) is 2.30. The highest BCUT2D eigenvalue weighted by molar-refractivity contribution is 5.79. The minimum atomic E-state index is -1.03. The van der Waals surface area contributed by atoms with Crippen LogP contribution in [0.15, 0.2) is 42.5 Å². The third kappa shape index (κ3) is 4.44. The first-order valence-electron chi connectivity index (χ1n) is 8.14. The van der Waals surface area contributed by atoms with Crippen LogP contribution in [-0.2, 0) is 16.0 Å². The van der Waals surface area contributed by atoms with Gasteiger partial charge < -0.3 is 24.6 Å². The molecule has 0 fully saturated rings.